The van der Waals surface area contributed by atoms with Crippen molar-refractivity contribution in [1.82, 2.24) is 18.2 Å². The van der Waals surface area contributed by atoms with Gasteiger partial charge in [-0.2, -0.15) is 4.31 Å². The topological polar surface area (TPSA) is 92.6 Å². The number of imidazole rings is 1. The number of hydrogen-bond acceptors (Lipinski definition) is 5. The molecule has 126 valence electrons. The Bertz CT molecular complexity index is 711. The first-order valence-electron chi connectivity index (χ1n) is 7.23. The summed E-state index contributed by atoms with van der Waals surface area (Å²) in [6.07, 6.45) is 3.92. The Balaban J connectivity index is 2.14. The van der Waals surface area contributed by atoms with Gasteiger partial charge in [-0.15, -0.1) is 0 Å². The highest BCUT2D eigenvalue weighted by atomic mass is 32.2. The van der Waals surface area contributed by atoms with Crippen molar-refractivity contribution in [2.45, 2.75) is 24.8 Å². The molecule has 1 fully saturated rings. The third-order valence-electron chi connectivity index (χ3n) is 3.55. The molecule has 0 aromatic carbocycles. The molecule has 1 aromatic rings. The summed E-state index contributed by atoms with van der Waals surface area (Å²) in [5.41, 5.74) is 0. The highest BCUT2D eigenvalue weighted by Crippen LogP contribution is 2.17. The Kier molecular flexibility index (Phi) is 5.25. The molecule has 0 unspecified atom stereocenters. The van der Waals surface area contributed by atoms with Gasteiger partial charge in [-0.05, 0) is 12.8 Å². The van der Waals surface area contributed by atoms with Crippen molar-refractivity contribution in [3.8, 4) is 0 Å². The molecule has 2 rings (SSSR count). The van der Waals surface area contributed by atoms with Crippen LogP contribution in [-0.4, -0.2) is 66.9 Å². The van der Waals surface area contributed by atoms with Gasteiger partial charge in [0.25, 0.3) is 10.0 Å². The van der Waals surface area contributed by atoms with E-state index < -0.39 is 20.0 Å². The van der Waals surface area contributed by atoms with Crippen molar-refractivity contribution in [3.63, 3.8) is 0 Å². The lowest BCUT2D eigenvalue weighted by Gasteiger charge is -2.20. The van der Waals surface area contributed by atoms with E-state index in [4.69, 9.17) is 0 Å². The van der Waals surface area contributed by atoms with Crippen LogP contribution in [0.1, 0.15) is 19.8 Å². The number of nitrogens with zero attached hydrogens (tertiary/aromatic N) is 4. The quantitative estimate of drug-likeness (QED) is 0.737. The first-order valence-corrected chi connectivity index (χ1v) is 10.3. The van der Waals surface area contributed by atoms with E-state index in [-0.39, 0.29) is 23.9 Å². The van der Waals surface area contributed by atoms with Crippen LogP contribution in [0, 0.1) is 0 Å². The average Bonchev–Trinajstić information content (AvgIpc) is 2.73. The van der Waals surface area contributed by atoms with Crippen LogP contribution < -0.4 is 0 Å². The molecule has 1 aliphatic heterocycles. The summed E-state index contributed by atoms with van der Waals surface area (Å²) in [5.74, 6) is 0.0972. The normalized spacial score (nSPS) is 19.2. The highest BCUT2D eigenvalue weighted by molar-refractivity contribution is 7.89. The van der Waals surface area contributed by atoms with Gasteiger partial charge >= 0.3 is 0 Å². The highest BCUT2D eigenvalue weighted by Gasteiger charge is 2.31. The lowest BCUT2D eigenvalue weighted by Crippen LogP contribution is -2.38. The van der Waals surface area contributed by atoms with Crippen LogP contribution in [0.2, 0.25) is 0 Å². The van der Waals surface area contributed by atoms with Crippen LogP contribution in [-0.2, 0) is 27.1 Å². The fourth-order valence-corrected chi connectivity index (χ4v) is 5.41. The molecule has 0 bridgehead atoms. The second kappa shape index (κ2) is 6.65. The molecule has 1 saturated heterocycles. The third kappa shape index (κ3) is 3.67. The first-order chi connectivity index (χ1) is 10.3. The molecule has 0 atom stereocenters. The summed E-state index contributed by atoms with van der Waals surface area (Å²) in [5, 5.41) is -0.000125. The third-order valence-corrected chi connectivity index (χ3v) is 7.42. The zero-order valence-corrected chi connectivity index (χ0v) is 14.5. The minimum atomic E-state index is -3.67. The molecule has 22 heavy (non-hydrogen) atoms. The molecule has 1 aromatic heterocycles. The predicted molar refractivity (Wildman–Crippen MR) is 82.2 cm³/mol. The van der Waals surface area contributed by atoms with Crippen molar-refractivity contribution >= 4 is 20.0 Å². The van der Waals surface area contributed by atoms with Crippen molar-refractivity contribution in [1.29, 1.82) is 0 Å². The second-order valence-electron chi connectivity index (χ2n) is 5.35. The monoisotopic (exact) mass is 350 g/mol. The fourth-order valence-electron chi connectivity index (χ4n) is 2.43. The van der Waals surface area contributed by atoms with E-state index in [1.54, 1.807) is 11.6 Å². The number of rotatable bonds is 5. The van der Waals surface area contributed by atoms with Crippen molar-refractivity contribution in [2.24, 2.45) is 7.05 Å². The summed E-state index contributed by atoms with van der Waals surface area (Å²) >= 11 is 0. The average molecular weight is 350 g/mol. The van der Waals surface area contributed by atoms with Crippen molar-refractivity contribution < 1.29 is 16.8 Å². The van der Waals surface area contributed by atoms with Gasteiger partial charge in [0.15, 0.2) is 5.03 Å². The smallest absolute Gasteiger partial charge is 0.262 e. The Morgan fingerprint density at radius 1 is 1.09 bits per heavy atom. The summed E-state index contributed by atoms with van der Waals surface area (Å²) in [6, 6.07) is 0. The van der Waals surface area contributed by atoms with Gasteiger partial charge in [0.2, 0.25) is 10.0 Å². The summed E-state index contributed by atoms with van der Waals surface area (Å²) < 4.78 is 53.5. The first kappa shape index (κ1) is 17.4. The molecule has 1 aliphatic rings. The maximum absolute atomic E-state index is 12.5. The lowest BCUT2D eigenvalue weighted by molar-refractivity contribution is 0.403. The second-order valence-corrected chi connectivity index (χ2v) is 9.32. The molecule has 0 N–H and O–H groups in total. The van der Waals surface area contributed by atoms with E-state index >= 15 is 0 Å². The van der Waals surface area contributed by atoms with Crippen LogP contribution in [0.3, 0.4) is 0 Å². The van der Waals surface area contributed by atoms with Crippen LogP contribution in [0.4, 0.5) is 0 Å². The van der Waals surface area contributed by atoms with E-state index in [9.17, 15) is 16.8 Å². The van der Waals surface area contributed by atoms with E-state index in [2.05, 4.69) is 4.98 Å². The molecular formula is C12H22N4O4S2. The lowest BCUT2D eigenvalue weighted by atomic mass is 10.4. The molecule has 0 radical (unpaired) electrons. The molecule has 2 heterocycles. The Morgan fingerprint density at radius 2 is 1.73 bits per heavy atom. The molecule has 0 amide bonds. The molecule has 0 saturated carbocycles. The minimum absolute atomic E-state index is 0.000125. The molecule has 0 aliphatic carbocycles. The van der Waals surface area contributed by atoms with E-state index in [0.717, 1.165) is 0 Å². The van der Waals surface area contributed by atoms with Crippen LogP contribution in [0.15, 0.2) is 17.6 Å². The maximum Gasteiger partial charge on any atom is 0.262 e. The Hall–Kier alpha value is -0.970. The SMILES string of the molecule is CCCS(=O)(=O)N1CCCN(S(=O)(=O)c2cn(C)cn2)CC1. The van der Waals surface area contributed by atoms with Gasteiger partial charge < -0.3 is 4.57 Å². The van der Waals surface area contributed by atoms with E-state index in [1.807, 2.05) is 6.92 Å². The van der Waals surface area contributed by atoms with Crippen LogP contribution in [0.25, 0.3) is 0 Å². The van der Waals surface area contributed by atoms with Gasteiger partial charge in [-0.1, -0.05) is 6.92 Å². The predicted octanol–water partition coefficient (Wildman–Crippen LogP) is -0.144. The van der Waals surface area contributed by atoms with E-state index in [1.165, 1.54) is 21.1 Å². The molecular weight excluding hydrogens is 328 g/mol. The fraction of sp³-hybridized carbons (Fsp3) is 0.750. The number of aryl methyl sites for hydroxylation is 1. The molecule has 10 heteroatoms. The van der Waals surface area contributed by atoms with Crippen molar-refractivity contribution in [3.05, 3.63) is 12.5 Å². The maximum atomic E-state index is 12.5. The van der Waals surface area contributed by atoms with Gasteiger partial charge in [-0.3, -0.25) is 0 Å². The van der Waals surface area contributed by atoms with Gasteiger partial charge in [0.05, 0.1) is 12.1 Å². The Morgan fingerprint density at radius 3 is 2.32 bits per heavy atom. The minimum Gasteiger partial charge on any atom is -0.339 e. The zero-order chi connectivity index (χ0) is 16.4. The number of sulfonamides is 2. The largest absolute Gasteiger partial charge is 0.339 e. The van der Waals surface area contributed by atoms with Crippen LogP contribution >= 0.6 is 0 Å². The zero-order valence-electron chi connectivity index (χ0n) is 12.8. The van der Waals surface area contributed by atoms with Gasteiger partial charge in [0, 0.05) is 39.4 Å². The molecule has 0 spiro atoms. The summed E-state index contributed by atoms with van der Waals surface area (Å²) in [4.78, 5) is 3.89. The van der Waals surface area contributed by atoms with Gasteiger partial charge in [0.1, 0.15) is 0 Å². The number of aromatic nitrogens is 2. The molecule has 8 nitrogen and oxygen atoms in total. The van der Waals surface area contributed by atoms with Crippen LogP contribution in [0.5, 0.6) is 0 Å². The summed E-state index contributed by atoms with van der Waals surface area (Å²) in [6.45, 7) is 2.82. The van der Waals surface area contributed by atoms with Crippen molar-refractivity contribution in [2.75, 3.05) is 31.9 Å². The number of hydrogen-bond donors (Lipinski definition) is 0. The Labute approximate surface area is 131 Å². The van der Waals surface area contributed by atoms with E-state index in [0.29, 0.717) is 25.9 Å². The van der Waals surface area contributed by atoms with Gasteiger partial charge in [-0.25, -0.2) is 26.1 Å². The standard InChI is InChI=1S/C12H22N4O4S2/c1-3-9-21(17,18)15-5-4-6-16(8-7-15)22(19,20)12-10-14(2)11-13-12/h10-11H,3-9H2,1-2H3. The summed E-state index contributed by atoms with van der Waals surface area (Å²) in [7, 11) is -5.26.